The van der Waals surface area contributed by atoms with Crippen molar-refractivity contribution in [1.82, 2.24) is 0 Å². The van der Waals surface area contributed by atoms with E-state index in [9.17, 15) is 18.3 Å². The molecule has 0 amide bonds. The second-order valence-corrected chi connectivity index (χ2v) is 7.49. The highest BCUT2D eigenvalue weighted by atomic mass is 79.9. The second kappa shape index (κ2) is 5.13. The van der Waals surface area contributed by atoms with Crippen LogP contribution in [0.1, 0.15) is 30.6 Å². The van der Waals surface area contributed by atoms with Gasteiger partial charge < -0.3 is 5.11 Å². The molecule has 1 N–H and O–H groups in total. The third kappa shape index (κ3) is 3.48. The predicted molar refractivity (Wildman–Crippen MR) is 68.7 cm³/mol. The van der Waals surface area contributed by atoms with Crippen LogP contribution in [0.25, 0.3) is 0 Å². The van der Waals surface area contributed by atoms with Crippen molar-refractivity contribution in [2.75, 3.05) is 0 Å². The van der Waals surface area contributed by atoms with Crippen LogP contribution in [0.15, 0.2) is 15.9 Å². The zero-order chi connectivity index (χ0) is 13.4. The molecule has 0 aromatic carbocycles. The van der Waals surface area contributed by atoms with Crippen LogP contribution in [0.4, 0.5) is 13.2 Å². The van der Waals surface area contributed by atoms with Crippen LogP contribution >= 0.6 is 27.3 Å². The van der Waals surface area contributed by atoms with Crippen molar-refractivity contribution >= 4 is 27.3 Å². The molecular weight excluding hydrogens is 329 g/mol. The molecule has 2 rings (SSSR count). The summed E-state index contributed by atoms with van der Waals surface area (Å²) in [5, 5.41) is 10.4. The molecule has 2 unspecified atom stereocenters. The minimum Gasteiger partial charge on any atom is -0.389 e. The summed E-state index contributed by atoms with van der Waals surface area (Å²) in [4.78, 5) is 0.923. The summed E-state index contributed by atoms with van der Waals surface area (Å²) in [6, 6.07) is 3.71. The first-order chi connectivity index (χ1) is 8.28. The first-order valence-corrected chi connectivity index (χ1v) is 7.43. The highest BCUT2D eigenvalue weighted by molar-refractivity contribution is 9.11. The van der Waals surface area contributed by atoms with Crippen molar-refractivity contribution in [2.24, 2.45) is 5.92 Å². The molecule has 0 bridgehead atoms. The van der Waals surface area contributed by atoms with Gasteiger partial charge in [-0.1, -0.05) is 0 Å². The van der Waals surface area contributed by atoms with Gasteiger partial charge in [-0.15, -0.1) is 11.3 Å². The van der Waals surface area contributed by atoms with E-state index in [1.807, 2.05) is 12.1 Å². The smallest absolute Gasteiger partial charge is 0.389 e. The van der Waals surface area contributed by atoms with Gasteiger partial charge in [0.2, 0.25) is 0 Å². The normalized spacial score (nSPS) is 29.5. The number of halogens is 4. The van der Waals surface area contributed by atoms with Crippen LogP contribution in [0.2, 0.25) is 0 Å². The Morgan fingerprint density at radius 2 is 2.17 bits per heavy atom. The van der Waals surface area contributed by atoms with Gasteiger partial charge in [0.25, 0.3) is 0 Å². The Bertz CT molecular complexity index is 418. The third-order valence-corrected chi connectivity index (χ3v) is 5.04. The summed E-state index contributed by atoms with van der Waals surface area (Å²) in [7, 11) is 0. The Morgan fingerprint density at radius 3 is 2.72 bits per heavy atom. The summed E-state index contributed by atoms with van der Waals surface area (Å²) in [6.07, 6.45) is -3.02. The zero-order valence-corrected chi connectivity index (χ0v) is 12.0. The molecule has 2 atom stereocenters. The number of aliphatic hydroxyl groups is 1. The van der Waals surface area contributed by atoms with E-state index in [1.54, 1.807) is 0 Å². The predicted octanol–water partition coefficient (Wildman–Crippen LogP) is 4.54. The van der Waals surface area contributed by atoms with E-state index >= 15 is 0 Å². The topological polar surface area (TPSA) is 20.2 Å². The molecule has 1 nitrogen and oxygen atoms in total. The van der Waals surface area contributed by atoms with E-state index in [4.69, 9.17) is 0 Å². The number of rotatable bonds is 2. The summed E-state index contributed by atoms with van der Waals surface area (Å²) in [5.41, 5.74) is -1.21. The van der Waals surface area contributed by atoms with Crippen LogP contribution in [-0.2, 0) is 6.42 Å². The second-order valence-electron chi connectivity index (χ2n) is 4.94. The summed E-state index contributed by atoms with van der Waals surface area (Å²) >= 11 is 4.78. The lowest BCUT2D eigenvalue weighted by Crippen LogP contribution is -2.41. The first-order valence-electron chi connectivity index (χ1n) is 5.82. The van der Waals surface area contributed by atoms with Gasteiger partial charge in [-0.25, -0.2) is 0 Å². The number of thiophene rings is 1. The molecule has 1 aliphatic carbocycles. The summed E-state index contributed by atoms with van der Waals surface area (Å²) in [6.45, 7) is 0. The zero-order valence-electron chi connectivity index (χ0n) is 9.63. The Kier molecular flexibility index (Phi) is 4.09. The maximum absolute atomic E-state index is 12.7. The molecule has 6 heteroatoms. The van der Waals surface area contributed by atoms with Crippen LogP contribution in [0, 0.1) is 5.92 Å². The quantitative estimate of drug-likeness (QED) is 0.836. The van der Waals surface area contributed by atoms with E-state index in [-0.39, 0.29) is 12.8 Å². The fourth-order valence-electron chi connectivity index (χ4n) is 2.55. The number of hydrogen-bond donors (Lipinski definition) is 1. The Balaban J connectivity index is 2.06. The van der Waals surface area contributed by atoms with E-state index in [0.717, 1.165) is 8.66 Å². The van der Waals surface area contributed by atoms with E-state index in [1.165, 1.54) is 11.3 Å². The van der Waals surface area contributed by atoms with E-state index in [2.05, 4.69) is 15.9 Å². The van der Waals surface area contributed by atoms with Crippen molar-refractivity contribution in [3.8, 4) is 0 Å². The van der Waals surface area contributed by atoms with Gasteiger partial charge in [0.05, 0.1) is 15.3 Å². The van der Waals surface area contributed by atoms with Gasteiger partial charge in [-0.3, -0.25) is 0 Å². The maximum atomic E-state index is 12.7. The van der Waals surface area contributed by atoms with Crippen LogP contribution in [0.3, 0.4) is 0 Å². The average Bonchev–Trinajstić information content (AvgIpc) is 2.62. The highest BCUT2D eigenvalue weighted by Gasteiger charge is 2.46. The standard InChI is InChI=1S/C12H14BrF3OS/c13-10-4-3-9(18-10)7-11(17)5-1-2-8(6-11)12(14,15)16/h3-4,8,17H,1-2,5-7H2. The lowest BCUT2D eigenvalue weighted by molar-refractivity contribution is -0.200. The van der Waals surface area contributed by atoms with Crippen molar-refractivity contribution in [1.29, 1.82) is 0 Å². The fourth-order valence-corrected chi connectivity index (χ4v) is 4.17. The molecule has 1 fully saturated rings. The van der Waals surface area contributed by atoms with Crippen LogP contribution in [0.5, 0.6) is 0 Å². The molecule has 1 aliphatic rings. The Hall–Kier alpha value is -0.0700. The molecule has 0 radical (unpaired) electrons. The highest BCUT2D eigenvalue weighted by Crippen LogP contribution is 2.43. The van der Waals surface area contributed by atoms with Crippen molar-refractivity contribution < 1.29 is 18.3 Å². The maximum Gasteiger partial charge on any atom is 0.391 e. The Labute approximate surface area is 116 Å². The number of alkyl halides is 3. The van der Waals surface area contributed by atoms with Crippen molar-refractivity contribution in [3.63, 3.8) is 0 Å². The minimum atomic E-state index is -4.19. The SMILES string of the molecule is OC1(Cc2ccc(Br)s2)CCCC(C(F)(F)F)C1. The molecule has 0 aliphatic heterocycles. The number of hydrogen-bond acceptors (Lipinski definition) is 2. The molecule has 102 valence electrons. The van der Waals surface area contributed by atoms with Gasteiger partial charge in [-0.2, -0.15) is 13.2 Å². The third-order valence-electron chi connectivity index (χ3n) is 3.42. The largest absolute Gasteiger partial charge is 0.391 e. The molecule has 1 aromatic rings. The molecule has 18 heavy (non-hydrogen) atoms. The van der Waals surface area contributed by atoms with E-state index in [0.29, 0.717) is 19.3 Å². The van der Waals surface area contributed by atoms with Gasteiger partial charge in [0.1, 0.15) is 0 Å². The van der Waals surface area contributed by atoms with Gasteiger partial charge in [0.15, 0.2) is 0 Å². The van der Waals surface area contributed by atoms with Gasteiger partial charge >= 0.3 is 6.18 Å². The van der Waals surface area contributed by atoms with Crippen molar-refractivity contribution in [2.45, 2.75) is 43.9 Å². The van der Waals surface area contributed by atoms with Crippen LogP contribution < -0.4 is 0 Å². The fraction of sp³-hybridized carbons (Fsp3) is 0.667. The lowest BCUT2D eigenvalue weighted by Gasteiger charge is -2.37. The Morgan fingerprint density at radius 1 is 1.44 bits per heavy atom. The monoisotopic (exact) mass is 342 g/mol. The van der Waals surface area contributed by atoms with Crippen molar-refractivity contribution in [3.05, 3.63) is 20.8 Å². The van der Waals surface area contributed by atoms with Gasteiger partial charge in [-0.05, 0) is 53.7 Å². The molecule has 0 spiro atoms. The summed E-state index contributed by atoms with van der Waals surface area (Å²) in [5.74, 6) is -1.36. The minimum absolute atomic E-state index is 0.139. The average molecular weight is 343 g/mol. The molecular formula is C12H14BrF3OS. The lowest BCUT2D eigenvalue weighted by atomic mass is 9.76. The molecule has 1 heterocycles. The first kappa shape index (κ1) is 14.3. The molecule has 1 aromatic heterocycles. The van der Waals surface area contributed by atoms with E-state index < -0.39 is 17.7 Å². The molecule has 1 saturated carbocycles. The molecule has 0 saturated heterocycles. The van der Waals surface area contributed by atoms with Gasteiger partial charge in [0, 0.05) is 11.3 Å². The van der Waals surface area contributed by atoms with Crippen LogP contribution in [-0.4, -0.2) is 16.9 Å². The summed E-state index contributed by atoms with van der Waals surface area (Å²) < 4.78 is 39.1.